The molecule has 0 spiro atoms. The fraction of sp³-hybridized carbons (Fsp3) is 0.318. The molecule has 0 saturated carbocycles. The molecule has 0 aliphatic heterocycles. The Bertz CT molecular complexity index is 1010. The molecular weight excluding hydrogens is 384 g/mol. The molecule has 0 unspecified atom stereocenters. The molecule has 1 N–H and O–H groups in total. The third-order valence-electron chi connectivity index (χ3n) is 4.49. The highest BCUT2D eigenvalue weighted by atomic mass is 32.2. The molecule has 0 fully saturated rings. The molecule has 6 nitrogen and oxygen atoms in total. The number of anilines is 1. The van der Waals surface area contributed by atoms with Gasteiger partial charge in [0.25, 0.3) is 0 Å². The lowest BCUT2D eigenvalue weighted by Gasteiger charge is -2.09. The molecule has 0 aliphatic rings. The SMILES string of the molecule is Cc1cc(C)cc(OCc2nnc(SCC(=O)Nc3cc(C)ccc3C)n2C)c1. The number of aryl methyl sites for hydroxylation is 4. The summed E-state index contributed by atoms with van der Waals surface area (Å²) in [7, 11) is 1.88. The van der Waals surface area contributed by atoms with Gasteiger partial charge in [-0.05, 0) is 68.1 Å². The maximum Gasteiger partial charge on any atom is 0.234 e. The first-order valence-corrected chi connectivity index (χ1v) is 10.4. The van der Waals surface area contributed by atoms with Gasteiger partial charge in [-0.3, -0.25) is 4.79 Å². The van der Waals surface area contributed by atoms with E-state index in [2.05, 4.69) is 21.6 Å². The highest BCUT2D eigenvalue weighted by Gasteiger charge is 2.13. The third-order valence-corrected chi connectivity index (χ3v) is 5.51. The van der Waals surface area contributed by atoms with Gasteiger partial charge in [-0.2, -0.15) is 0 Å². The largest absolute Gasteiger partial charge is 0.486 e. The average molecular weight is 411 g/mol. The number of carbonyl (C=O) groups is 1. The molecule has 152 valence electrons. The van der Waals surface area contributed by atoms with Crippen LogP contribution in [0.2, 0.25) is 0 Å². The lowest BCUT2D eigenvalue weighted by Crippen LogP contribution is -2.15. The van der Waals surface area contributed by atoms with Crippen molar-refractivity contribution in [2.45, 2.75) is 39.5 Å². The van der Waals surface area contributed by atoms with Crippen LogP contribution >= 0.6 is 11.8 Å². The third kappa shape index (κ3) is 5.60. The summed E-state index contributed by atoms with van der Waals surface area (Å²) in [5.41, 5.74) is 5.31. The molecule has 1 heterocycles. The van der Waals surface area contributed by atoms with E-state index in [9.17, 15) is 4.79 Å². The van der Waals surface area contributed by atoms with E-state index in [1.165, 1.54) is 11.8 Å². The summed E-state index contributed by atoms with van der Waals surface area (Å²) >= 11 is 1.35. The zero-order chi connectivity index (χ0) is 21.0. The Morgan fingerprint density at radius 1 is 1.03 bits per heavy atom. The number of hydrogen-bond acceptors (Lipinski definition) is 5. The quantitative estimate of drug-likeness (QED) is 0.586. The zero-order valence-electron chi connectivity index (χ0n) is 17.4. The number of ether oxygens (including phenoxy) is 1. The van der Waals surface area contributed by atoms with Crippen LogP contribution in [-0.4, -0.2) is 26.4 Å². The summed E-state index contributed by atoms with van der Waals surface area (Å²) < 4.78 is 7.72. The van der Waals surface area contributed by atoms with E-state index >= 15 is 0 Å². The molecule has 0 atom stereocenters. The number of rotatable bonds is 7. The molecule has 2 aromatic carbocycles. The summed E-state index contributed by atoms with van der Waals surface area (Å²) in [5, 5.41) is 12.0. The first-order valence-electron chi connectivity index (χ1n) is 9.41. The van der Waals surface area contributed by atoms with Crippen LogP contribution in [0.5, 0.6) is 5.75 Å². The Hall–Kier alpha value is -2.80. The minimum atomic E-state index is -0.0697. The fourth-order valence-corrected chi connectivity index (χ4v) is 3.68. The van der Waals surface area contributed by atoms with Gasteiger partial charge in [0, 0.05) is 12.7 Å². The maximum atomic E-state index is 12.3. The first kappa shape index (κ1) is 20.9. The number of aromatic nitrogens is 3. The molecule has 3 aromatic rings. The van der Waals surface area contributed by atoms with Crippen molar-refractivity contribution in [2.75, 3.05) is 11.1 Å². The Labute approximate surface area is 175 Å². The van der Waals surface area contributed by atoms with Crippen molar-refractivity contribution >= 4 is 23.4 Å². The lowest BCUT2D eigenvalue weighted by molar-refractivity contribution is -0.113. The monoisotopic (exact) mass is 410 g/mol. The molecular formula is C22H26N4O2S. The molecule has 0 aliphatic carbocycles. The Kier molecular flexibility index (Phi) is 6.59. The van der Waals surface area contributed by atoms with Gasteiger partial charge in [-0.15, -0.1) is 10.2 Å². The van der Waals surface area contributed by atoms with E-state index in [4.69, 9.17) is 4.74 Å². The van der Waals surface area contributed by atoms with Crippen molar-refractivity contribution in [3.8, 4) is 5.75 Å². The number of thioether (sulfide) groups is 1. The van der Waals surface area contributed by atoms with E-state index < -0.39 is 0 Å². The minimum Gasteiger partial charge on any atom is -0.486 e. The van der Waals surface area contributed by atoms with Crippen LogP contribution in [0.4, 0.5) is 5.69 Å². The molecule has 0 bridgehead atoms. The van der Waals surface area contributed by atoms with Gasteiger partial charge in [-0.1, -0.05) is 30.0 Å². The van der Waals surface area contributed by atoms with Crippen molar-refractivity contribution in [3.63, 3.8) is 0 Å². The number of nitrogens with zero attached hydrogens (tertiary/aromatic N) is 3. The molecule has 0 radical (unpaired) electrons. The summed E-state index contributed by atoms with van der Waals surface area (Å²) in [4.78, 5) is 12.3. The molecule has 0 saturated heterocycles. The predicted molar refractivity (Wildman–Crippen MR) is 117 cm³/mol. The van der Waals surface area contributed by atoms with Crippen LogP contribution in [0.25, 0.3) is 0 Å². The highest BCUT2D eigenvalue weighted by molar-refractivity contribution is 7.99. The van der Waals surface area contributed by atoms with Crippen LogP contribution in [0.1, 0.15) is 28.1 Å². The van der Waals surface area contributed by atoms with Crippen molar-refractivity contribution < 1.29 is 9.53 Å². The van der Waals surface area contributed by atoms with Gasteiger partial charge in [0.2, 0.25) is 5.91 Å². The van der Waals surface area contributed by atoms with Crippen LogP contribution < -0.4 is 10.1 Å². The normalized spacial score (nSPS) is 10.8. The summed E-state index contributed by atoms with van der Waals surface area (Å²) in [6.45, 7) is 8.39. The number of nitrogens with one attached hydrogen (secondary N) is 1. The molecule has 1 amide bonds. The average Bonchev–Trinajstić information content (AvgIpc) is 3.00. The van der Waals surface area contributed by atoms with Crippen LogP contribution in [0, 0.1) is 27.7 Å². The van der Waals surface area contributed by atoms with Crippen molar-refractivity contribution in [2.24, 2.45) is 7.05 Å². The zero-order valence-corrected chi connectivity index (χ0v) is 18.3. The van der Waals surface area contributed by atoms with Gasteiger partial charge in [-0.25, -0.2) is 0 Å². The van der Waals surface area contributed by atoms with Gasteiger partial charge in [0.1, 0.15) is 12.4 Å². The van der Waals surface area contributed by atoms with E-state index in [1.807, 2.05) is 69.6 Å². The summed E-state index contributed by atoms with van der Waals surface area (Å²) in [6.07, 6.45) is 0. The first-order chi connectivity index (χ1) is 13.8. The topological polar surface area (TPSA) is 69.0 Å². The number of benzene rings is 2. The second kappa shape index (κ2) is 9.13. The van der Waals surface area contributed by atoms with Crippen molar-refractivity contribution in [1.29, 1.82) is 0 Å². The second-order valence-corrected chi connectivity index (χ2v) is 8.17. The standard InChI is InChI=1S/C22H26N4O2S/c1-14-6-7-17(4)19(11-14)23-21(27)13-29-22-25-24-20(26(22)5)12-28-18-9-15(2)8-16(3)10-18/h6-11H,12-13H2,1-5H3,(H,23,27). The highest BCUT2D eigenvalue weighted by Crippen LogP contribution is 2.21. The van der Waals surface area contributed by atoms with E-state index in [0.717, 1.165) is 33.7 Å². The predicted octanol–water partition coefficient (Wildman–Crippen LogP) is 4.36. The van der Waals surface area contributed by atoms with Gasteiger partial charge >= 0.3 is 0 Å². The van der Waals surface area contributed by atoms with Gasteiger partial charge in [0.05, 0.1) is 5.75 Å². The number of amides is 1. The van der Waals surface area contributed by atoms with Gasteiger partial charge in [0.15, 0.2) is 11.0 Å². The molecule has 7 heteroatoms. The number of hydrogen-bond donors (Lipinski definition) is 1. The Balaban J connectivity index is 1.56. The smallest absolute Gasteiger partial charge is 0.234 e. The number of carbonyl (C=O) groups excluding carboxylic acids is 1. The van der Waals surface area contributed by atoms with E-state index in [1.54, 1.807) is 0 Å². The summed E-state index contributed by atoms with van der Waals surface area (Å²) in [6, 6.07) is 12.1. The van der Waals surface area contributed by atoms with Crippen LogP contribution in [-0.2, 0) is 18.4 Å². The Morgan fingerprint density at radius 2 is 1.76 bits per heavy atom. The summed E-state index contributed by atoms with van der Waals surface area (Å²) in [5.74, 6) is 1.71. The maximum absolute atomic E-state index is 12.3. The van der Waals surface area contributed by atoms with Crippen LogP contribution in [0.3, 0.4) is 0 Å². The molecule has 1 aromatic heterocycles. The van der Waals surface area contributed by atoms with Crippen molar-refractivity contribution in [1.82, 2.24) is 14.8 Å². The molecule has 29 heavy (non-hydrogen) atoms. The van der Waals surface area contributed by atoms with E-state index in [0.29, 0.717) is 17.6 Å². The van der Waals surface area contributed by atoms with Crippen LogP contribution in [0.15, 0.2) is 41.6 Å². The van der Waals surface area contributed by atoms with Gasteiger partial charge < -0.3 is 14.6 Å². The van der Waals surface area contributed by atoms with Crippen molar-refractivity contribution in [3.05, 3.63) is 64.5 Å². The Morgan fingerprint density at radius 3 is 2.48 bits per heavy atom. The lowest BCUT2D eigenvalue weighted by atomic mass is 10.1. The minimum absolute atomic E-state index is 0.0697. The second-order valence-electron chi connectivity index (χ2n) is 7.23. The molecule has 3 rings (SSSR count). The van der Waals surface area contributed by atoms with E-state index in [-0.39, 0.29) is 11.7 Å². The fourth-order valence-electron chi connectivity index (χ4n) is 2.95.